The van der Waals surface area contributed by atoms with E-state index in [1.54, 1.807) is 25.1 Å². The van der Waals surface area contributed by atoms with E-state index in [4.69, 9.17) is 4.99 Å². The summed E-state index contributed by atoms with van der Waals surface area (Å²) < 4.78 is 13.9. The fourth-order valence-corrected chi connectivity index (χ4v) is 3.24. The van der Waals surface area contributed by atoms with Gasteiger partial charge < -0.3 is 5.11 Å². The Labute approximate surface area is 145 Å². The number of aromatic nitrogens is 2. The van der Waals surface area contributed by atoms with Crippen molar-refractivity contribution in [3.63, 3.8) is 0 Å². The van der Waals surface area contributed by atoms with Crippen molar-refractivity contribution in [3.05, 3.63) is 71.2 Å². The lowest BCUT2D eigenvalue weighted by Crippen LogP contribution is -2.48. The zero-order chi connectivity index (χ0) is 17.8. The summed E-state index contributed by atoms with van der Waals surface area (Å²) in [7, 11) is 0. The molecule has 1 atom stereocenters. The van der Waals surface area contributed by atoms with Crippen molar-refractivity contribution in [2.75, 3.05) is 0 Å². The van der Waals surface area contributed by atoms with Crippen LogP contribution in [-0.4, -0.2) is 26.6 Å². The van der Waals surface area contributed by atoms with Crippen molar-refractivity contribution in [1.82, 2.24) is 10.2 Å². The van der Waals surface area contributed by atoms with E-state index in [0.717, 1.165) is 11.1 Å². The number of rotatable bonds is 1. The van der Waals surface area contributed by atoms with Gasteiger partial charge in [-0.15, -0.1) is 10.2 Å². The SMILES string of the molecule is CC1(C)N=C(c2cc3cccc(F)c3nn2)c2ccccc2C1(C)O. The van der Waals surface area contributed by atoms with Gasteiger partial charge in [-0.2, -0.15) is 0 Å². The summed E-state index contributed by atoms with van der Waals surface area (Å²) in [5.41, 5.74) is 1.23. The molecule has 4 nitrogen and oxygen atoms in total. The molecule has 25 heavy (non-hydrogen) atoms. The summed E-state index contributed by atoms with van der Waals surface area (Å²) in [6.07, 6.45) is 0. The van der Waals surface area contributed by atoms with Gasteiger partial charge in [0.25, 0.3) is 0 Å². The summed E-state index contributed by atoms with van der Waals surface area (Å²) in [5, 5.41) is 19.9. The Morgan fingerprint density at radius 2 is 1.72 bits per heavy atom. The largest absolute Gasteiger partial charge is 0.383 e. The molecule has 5 heteroatoms. The third-order valence-corrected chi connectivity index (χ3v) is 5.10. The lowest BCUT2D eigenvalue weighted by molar-refractivity contribution is -0.00972. The number of nitrogens with zero attached hydrogens (tertiary/aromatic N) is 3. The normalized spacial score (nSPS) is 21.7. The van der Waals surface area contributed by atoms with E-state index in [-0.39, 0.29) is 5.52 Å². The van der Waals surface area contributed by atoms with Gasteiger partial charge >= 0.3 is 0 Å². The Morgan fingerprint density at radius 1 is 0.960 bits per heavy atom. The van der Waals surface area contributed by atoms with Crippen LogP contribution in [0.25, 0.3) is 10.9 Å². The van der Waals surface area contributed by atoms with E-state index >= 15 is 0 Å². The maximum absolute atomic E-state index is 13.9. The Kier molecular flexibility index (Phi) is 3.27. The molecule has 0 spiro atoms. The van der Waals surface area contributed by atoms with Crippen LogP contribution < -0.4 is 0 Å². The van der Waals surface area contributed by atoms with E-state index in [1.165, 1.54) is 6.07 Å². The maximum atomic E-state index is 13.9. The Hall–Kier alpha value is -2.66. The first-order chi connectivity index (χ1) is 11.8. The second-order valence-electron chi connectivity index (χ2n) is 7.04. The minimum Gasteiger partial charge on any atom is -0.383 e. The van der Waals surface area contributed by atoms with E-state index < -0.39 is 17.0 Å². The molecule has 0 radical (unpaired) electrons. The average Bonchev–Trinajstić information content (AvgIpc) is 2.58. The molecule has 4 rings (SSSR count). The third kappa shape index (κ3) is 2.27. The quantitative estimate of drug-likeness (QED) is 0.739. The van der Waals surface area contributed by atoms with Gasteiger partial charge in [-0.3, -0.25) is 4.99 Å². The predicted molar refractivity (Wildman–Crippen MR) is 95.2 cm³/mol. The molecule has 1 aliphatic rings. The number of benzene rings is 2. The van der Waals surface area contributed by atoms with Gasteiger partial charge in [0.1, 0.15) is 16.8 Å². The van der Waals surface area contributed by atoms with Crippen LogP contribution >= 0.6 is 0 Å². The fraction of sp³-hybridized carbons (Fsp3) is 0.250. The minimum absolute atomic E-state index is 0.238. The van der Waals surface area contributed by atoms with Gasteiger partial charge in [-0.25, -0.2) is 4.39 Å². The number of halogens is 1. The van der Waals surface area contributed by atoms with Gasteiger partial charge in [-0.05, 0) is 38.5 Å². The second kappa shape index (κ2) is 5.17. The Balaban J connectivity index is 1.97. The van der Waals surface area contributed by atoms with E-state index in [2.05, 4.69) is 10.2 Å². The summed E-state index contributed by atoms with van der Waals surface area (Å²) in [6, 6.07) is 14.2. The van der Waals surface area contributed by atoms with Crippen molar-refractivity contribution in [2.24, 2.45) is 4.99 Å². The first-order valence-electron chi connectivity index (χ1n) is 8.16. The van der Waals surface area contributed by atoms with Gasteiger partial charge in [0.05, 0.1) is 11.3 Å². The smallest absolute Gasteiger partial charge is 0.151 e. The molecule has 2 aromatic carbocycles. The minimum atomic E-state index is -1.11. The number of fused-ring (bicyclic) bond motifs is 2. The van der Waals surface area contributed by atoms with Gasteiger partial charge in [-0.1, -0.05) is 36.4 Å². The van der Waals surface area contributed by atoms with Crippen LogP contribution in [0.3, 0.4) is 0 Å². The van der Waals surface area contributed by atoms with Gasteiger partial charge in [0.2, 0.25) is 0 Å². The zero-order valence-electron chi connectivity index (χ0n) is 14.3. The molecule has 1 unspecified atom stereocenters. The highest BCUT2D eigenvalue weighted by Gasteiger charge is 2.46. The third-order valence-electron chi connectivity index (χ3n) is 5.10. The monoisotopic (exact) mass is 335 g/mol. The first kappa shape index (κ1) is 15.8. The summed E-state index contributed by atoms with van der Waals surface area (Å²) >= 11 is 0. The molecule has 0 aliphatic carbocycles. The number of aliphatic imine (C=N–C) groups is 1. The van der Waals surface area contributed by atoms with Crippen LogP contribution in [0.2, 0.25) is 0 Å². The van der Waals surface area contributed by atoms with E-state index in [0.29, 0.717) is 16.8 Å². The summed E-state index contributed by atoms with van der Waals surface area (Å²) in [5.74, 6) is -0.397. The summed E-state index contributed by atoms with van der Waals surface area (Å²) in [4.78, 5) is 4.78. The molecule has 0 bridgehead atoms. The van der Waals surface area contributed by atoms with Crippen molar-refractivity contribution in [2.45, 2.75) is 31.9 Å². The van der Waals surface area contributed by atoms with Gasteiger partial charge in [0, 0.05) is 10.9 Å². The molecule has 0 saturated carbocycles. The lowest BCUT2D eigenvalue weighted by atomic mass is 9.73. The molecule has 0 amide bonds. The van der Waals surface area contributed by atoms with Crippen LogP contribution in [-0.2, 0) is 5.60 Å². The van der Waals surface area contributed by atoms with Crippen molar-refractivity contribution >= 4 is 16.6 Å². The molecular weight excluding hydrogens is 317 g/mol. The highest BCUT2D eigenvalue weighted by atomic mass is 19.1. The molecule has 1 N–H and O–H groups in total. The van der Waals surface area contributed by atoms with Crippen molar-refractivity contribution in [1.29, 1.82) is 0 Å². The molecular formula is C20H18FN3O. The topological polar surface area (TPSA) is 58.4 Å². The second-order valence-corrected chi connectivity index (χ2v) is 7.04. The molecule has 1 aromatic heterocycles. The van der Waals surface area contributed by atoms with Crippen LogP contribution in [0, 0.1) is 5.82 Å². The molecule has 126 valence electrons. The van der Waals surface area contributed by atoms with Crippen LogP contribution in [0.1, 0.15) is 37.6 Å². The number of aliphatic hydroxyl groups is 1. The number of hydrogen-bond acceptors (Lipinski definition) is 4. The first-order valence-corrected chi connectivity index (χ1v) is 8.16. The van der Waals surface area contributed by atoms with E-state index in [9.17, 15) is 9.50 Å². The van der Waals surface area contributed by atoms with Gasteiger partial charge in [0.15, 0.2) is 5.82 Å². The zero-order valence-corrected chi connectivity index (χ0v) is 14.3. The highest BCUT2D eigenvalue weighted by molar-refractivity contribution is 6.14. The molecule has 0 saturated heterocycles. The number of hydrogen-bond donors (Lipinski definition) is 1. The Morgan fingerprint density at radius 3 is 2.52 bits per heavy atom. The van der Waals surface area contributed by atoms with Crippen molar-refractivity contribution in [3.8, 4) is 0 Å². The van der Waals surface area contributed by atoms with Crippen LogP contribution in [0.5, 0.6) is 0 Å². The van der Waals surface area contributed by atoms with Crippen LogP contribution in [0.4, 0.5) is 4.39 Å². The maximum Gasteiger partial charge on any atom is 0.151 e. The molecule has 1 aliphatic heterocycles. The molecule has 0 fully saturated rings. The lowest BCUT2D eigenvalue weighted by Gasteiger charge is -2.42. The van der Waals surface area contributed by atoms with Crippen molar-refractivity contribution < 1.29 is 9.50 Å². The molecule has 2 heterocycles. The van der Waals surface area contributed by atoms with Crippen LogP contribution in [0.15, 0.2) is 53.5 Å². The predicted octanol–water partition coefficient (Wildman–Crippen LogP) is 3.61. The fourth-order valence-electron chi connectivity index (χ4n) is 3.24. The van der Waals surface area contributed by atoms with E-state index in [1.807, 2.05) is 38.1 Å². The Bertz CT molecular complexity index is 1020. The summed E-state index contributed by atoms with van der Waals surface area (Å²) in [6.45, 7) is 5.54. The standard InChI is InChI=1S/C20H18FN3O/c1-19(2)20(3,25)14-9-5-4-8-13(14)18(22-19)16-11-12-7-6-10-15(21)17(12)24-23-16/h4-11,25H,1-3H3. The average molecular weight is 335 g/mol. The molecule has 3 aromatic rings. The highest BCUT2D eigenvalue weighted by Crippen LogP contribution is 2.42.